The molecule has 0 heterocycles. The van der Waals surface area contributed by atoms with Gasteiger partial charge in [0.2, 0.25) is 0 Å². The fourth-order valence-corrected chi connectivity index (χ4v) is 0.980. The molecule has 1 aromatic carbocycles. The minimum absolute atomic E-state index is 0.0399. The van der Waals surface area contributed by atoms with Crippen LogP contribution >= 0.6 is 0 Å². The summed E-state index contributed by atoms with van der Waals surface area (Å²) >= 11 is 0. The number of aryl methyl sites for hydroxylation is 1. The second kappa shape index (κ2) is 3.39. The average Bonchev–Trinajstić information content (AvgIpc) is 2.03. The van der Waals surface area contributed by atoms with Crippen LogP contribution in [-0.2, 0) is 4.79 Å². The molecule has 68 valence electrons. The van der Waals surface area contributed by atoms with Crippen molar-refractivity contribution < 1.29 is 14.3 Å². The fraction of sp³-hybridized carbons (Fsp3) is 0.100. The Morgan fingerprint density at radius 2 is 2.15 bits per heavy atom. The lowest BCUT2D eigenvalue weighted by Gasteiger charge is -2.02. The first-order valence-electron chi connectivity index (χ1n) is 3.71. The quantitative estimate of drug-likeness (QED) is 0.708. The Bertz CT molecular complexity index is 369. The Kier molecular flexibility index (Phi) is 2.46. The predicted molar refractivity (Wildman–Crippen MR) is 47.8 cm³/mol. The summed E-state index contributed by atoms with van der Waals surface area (Å²) in [5.41, 5.74) is 0.565. The van der Waals surface area contributed by atoms with Crippen molar-refractivity contribution in [3.63, 3.8) is 0 Å². The largest absolute Gasteiger partial charge is 0.478 e. The third kappa shape index (κ3) is 1.93. The maximum absolute atomic E-state index is 13.1. The molecule has 3 heteroatoms. The first-order valence-corrected chi connectivity index (χ1v) is 3.71. The smallest absolute Gasteiger partial charge is 0.335 e. The molecule has 0 radical (unpaired) electrons. The number of hydrogen-bond donors (Lipinski definition) is 1. The minimum atomic E-state index is -1.21. The van der Waals surface area contributed by atoms with Crippen LogP contribution in [0.4, 0.5) is 4.39 Å². The number of benzene rings is 1. The Labute approximate surface area is 75.3 Å². The molecule has 2 nitrogen and oxygen atoms in total. The van der Waals surface area contributed by atoms with Crippen LogP contribution in [0, 0.1) is 12.7 Å². The zero-order valence-corrected chi connectivity index (χ0v) is 7.17. The normalized spacial score (nSPS) is 9.69. The lowest BCUT2D eigenvalue weighted by molar-refractivity contribution is -0.130. The van der Waals surface area contributed by atoms with Crippen molar-refractivity contribution in [2.75, 3.05) is 0 Å². The average molecular weight is 180 g/mol. The van der Waals surface area contributed by atoms with Crippen LogP contribution in [0.25, 0.3) is 5.57 Å². The van der Waals surface area contributed by atoms with Gasteiger partial charge < -0.3 is 5.11 Å². The zero-order valence-electron chi connectivity index (χ0n) is 7.17. The molecule has 0 fully saturated rings. The molecule has 0 aliphatic heterocycles. The number of hydrogen-bond acceptors (Lipinski definition) is 1. The molecule has 1 aromatic rings. The lowest BCUT2D eigenvalue weighted by Crippen LogP contribution is -2.00. The summed E-state index contributed by atoms with van der Waals surface area (Å²) in [5, 5.41) is 8.56. The van der Waals surface area contributed by atoms with Crippen molar-refractivity contribution in [2.45, 2.75) is 6.92 Å². The Morgan fingerprint density at radius 1 is 1.54 bits per heavy atom. The van der Waals surface area contributed by atoms with Gasteiger partial charge >= 0.3 is 5.97 Å². The summed E-state index contributed by atoms with van der Waals surface area (Å²) in [6.45, 7) is 5.01. The first-order chi connectivity index (χ1) is 6.02. The molecule has 0 aliphatic rings. The van der Waals surface area contributed by atoms with Gasteiger partial charge in [-0.2, -0.15) is 0 Å². The summed E-state index contributed by atoms with van der Waals surface area (Å²) < 4.78 is 13.1. The van der Waals surface area contributed by atoms with Crippen LogP contribution in [0.2, 0.25) is 0 Å². The number of aliphatic carboxylic acids is 1. The molecule has 0 saturated heterocycles. The topological polar surface area (TPSA) is 37.3 Å². The van der Waals surface area contributed by atoms with Gasteiger partial charge in [0.1, 0.15) is 5.82 Å². The van der Waals surface area contributed by atoms with Crippen LogP contribution in [0.15, 0.2) is 24.8 Å². The van der Waals surface area contributed by atoms with Gasteiger partial charge in [-0.25, -0.2) is 9.18 Å². The highest BCUT2D eigenvalue weighted by Crippen LogP contribution is 2.17. The number of rotatable bonds is 2. The van der Waals surface area contributed by atoms with E-state index in [0.717, 1.165) is 5.56 Å². The van der Waals surface area contributed by atoms with E-state index in [4.69, 9.17) is 5.11 Å². The van der Waals surface area contributed by atoms with Gasteiger partial charge in [-0.1, -0.05) is 18.7 Å². The van der Waals surface area contributed by atoms with E-state index in [2.05, 4.69) is 6.58 Å². The van der Waals surface area contributed by atoms with Gasteiger partial charge in [-0.15, -0.1) is 0 Å². The molecule has 1 N–H and O–H groups in total. The number of carboxylic acids is 1. The summed E-state index contributed by atoms with van der Waals surface area (Å²) in [4.78, 5) is 10.5. The van der Waals surface area contributed by atoms with Gasteiger partial charge in [0, 0.05) is 5.56 Å². The molecular formula is C10H9FO2. The van der Waals surface area contributed by atoms with E-state index in [9.17, 15) is 9.18 Å². The van der Waals surface area contributed by atoms with Crippen LogP contribution in [0.5, 0.6) is 0 Å². The van der Waals surface area contributed by atoms with E-state index < -0.39 is 11.8 Å². The van der Waals surface area contributed by atoms with Crippen LogP contribution in [0.3, 0.4) is 0 Å². The van der Waals surface area contributed by atoms with Gasteiger partial charge in [0.15, 0.2) is 0 Å². The predicted octanol–water partition coefficient (Wildman–Crippen LogP) is 2.23. The van der Waals surface area contributed by atoms with Crippen molar-refractivity contribution >= 4 is 11.5 Å². The van der Waals surface area contributed by atoms with Gasteiger partial charge in [0.05, 0.1) is 5.57 Å². The SMILES string of the molecule is C=C(C(=O)O)c1ccc(C)cc1F. The molecule has 0 aliphatic carbocycles. The molecule has 0 saturated carbocycles. The van der Waals surface area contributed by atoms with Gasteiger partial charge in [-0.05, 0) is 18.6 Å². The van der Waals surface area contributed by atoms with Crippen molar-refractivity contribution in [1.82, 2.24) is 0 Å². The Hall–Kier alpha value is -1.64. The molecule has 0 spiro atoms. The van der Waals surface area contributed by atoms with E-state index >= 15 is 0 Å². The Balaban J connectivity index is 3.16. The van der Waals surface area contributed by atoms with E-state index in [-0.39, 0.29) is 11.1 Å². The number of carboxylic acid groups (broad SMARTS) is 1. The summed E-state index contributed by atoms with van der Waals surface area (Å²) in [7, 11) is 0. The summed E-state index contributed by atoms with van der Waals surface area (Å²) in [5.74, 6) is -1.75. The van der Waals surface area contributed by atoms with Crippen LogP contribution < -0.4 is 0 Å². The maximum Gasteiger partial charge on any atom is 0.335 e. The lowest BCUT2D eigenvalue weighted by atomic mass is 10.1. The van der Waals surface area contributed by atoms with Gasteiger partial charge in [0.25, 0.3) is 0 Å². The number of halogens is 1. The monoisotopic (exact) mass is 180 g/mol. The molecule has 0 unspecified atom stereocenters. The molecule has 0 amide bonds. The van der Waals surface area contributed by atoms with E-state index in [1.807, 2.05) is 0 Å². The van der Waals surface area contributed by atoms with Crippen molar-refractivity contribution in [1.29, 1.82) is 0 Å². The Morgan fingerprint density at radius 3 is 2.62 bits per heavy atom. The van der Waals surface area contributed by atoms with Crippen LogP contribution in [-0.4, -0.2) is 11.1 Å². The van der Waals surface area contributed by atoms with E-state index in [1.165, 1.54) is 12.1 Å². The highest BCUT2D eigenvalue weighted by molar-refractivity contribution is 6.14. The maximum atomic E-state index is 13.1. The standard InChI is InChI=1S/C10H9FO2/c1-6-3-4-8(9(11)5-6)7(2)10(12)13/h3-5H,2H2,1H3,(H,12,13). The highest BCUT2D eigenvalue weighted by atomic mass is 19.1. The van der Waals surface area contributed by atoms with Crippen molar-refractivity contribution in [2.24, 2.45) is 0 Å². The molecule has 13 heavy (non-hydrogen) atoms. The minimum Gasteiger partial charge on any atom is -0.478 e. The second-order valence-corrected chi connectivity index (χ2v) is 2.77. The summed E-state index contributed by atoms with van der Waals surface area (Å²) in [6, 6.07) is 4.34. The molecule has 0 bridgehead atoms. The zero-order chi connectivity index (χ0) is 10.0. The van der Waals surface area contributed by atoms with Crippen molar-refractivity contribution in [3.8, 4) is 0 Å². The third-order valence-electron chi connectivity index (χ3n) is 1.71. The van der Waals surface area contributed by atoms with Gasteiger partial charge in [-0.3, -0.25) is 0 Å². The van der Waals surface area contributed by atoms with Crippen molar-refractivity contribution in [3.05, 3.63) is 41.7 Å². The fourth-order valence-electron chi connectivity index (χ4n) is 0.980. The summed E-state index contributed by atoms with van der Waals surface area (Å²) in [6.07, 6.45) is 0. The van der Waals surface area contributed by atoms with E-state index in [0.29, 0.717) is 0 Å². The second-order valence-electron chi connectivity index (χ2n) is 2.77. The molecule has 0 atom stereocenters. The van der Waals surface area contributed by atoms with Crippen LogP contribution in [0.1, 0.15) is 11.1 Å². The molecule has 0 aromatic heterocycles. The molecule has 1 rings (SSSR count). The van der Waals surface area contributed by atoms with E-state index in [1.54, 1.807) is 13.0 Å². The third-order valence-corrected chi connectivity index (χ3v) is 1.71. The molecular weight excluding hydrogens is 171 g/mol. The number of carbonyl (C=O) groups is 1. The first kappa shape index (κ1) is 9.45. The highest BCUT2D eigenvalue weighted by Gasteiger charge is 2.11.